The van der Waals surface area contributed by atoms with Gasteiger partial charge in [0, 0.05) is 49.1 Å². The molecule has 1 saturated carbocycles. The lowest BCUT2D eigenvalue weighted by atomic mass is 9.48. The van der Waals surface area contributed by atoms with Gasteiger partial charge in [0.15, 0.2) is 5.60 Å². The van der Waals surface area contributed by atoms with Crippen molar-refractivity contribution in [2.45, 2.75) is 69.7 Å². The second-order valence-corrected chi connectivity index (χ2v) is 11.2. The maximum Gasteiger partial charge on any atom is 0.308 e. The normalized spacial score (nSPS) is 36.3. The number of aliphatic hydroxyl groups is 1. The highest BCUT2D eigenvalue weighted by Crippen LogP contribution is 2.67. The number of carbonyl (C=O) groups is 2. The Bertz CT molecular complexity index is 1100. The van der Waals surface area contributed by atoms with Gasteiger partial charge in [-0.3, -0.25) is 14.5 Å². The first-order valence-corrected chi connectivity index (χ1v) is 13.0. The SMILES string of the molecule is CC[C@]12C=CCN3CC[C@@]4(c5ccc(OC)cc5N(C)[C@H]4[C@@](O)(COC(=O)C(C)C)[C@@H]1OC(C)=O)C32. The van der Waals surface area contributed by atoms with Gasteiger partial charge < -0.3 is 24.2 Å². The highest BCUT2D eigenvalue weighted by Gasteiger charge is 2.78. The molecule has 1 N–H and O–H groups in total. The number of fused-ring (bicyclic) bond motifs is 1. The summed E-state index contributed by atoms with van der Waals surface area (Å²) >= 11 is 0. The van der Waals surface area contributed by atoms with Crippen LogP contribution in [0.2, 0.25) is 0 Å². The summed E-state index contributed by atoms with van der Waals surface area (Å²) in [6.45, 7) is 8.42. The van der Waals surface area contributed by atoms with E-state index < -0.39 is 40.5 Å². The standard InChI is InChI=1S/C28H38N2O6/c1-7-26-11-8-13-30-14-12-27(23(26)30)20-10-9-19(34-6)15-21(20)29(5)24(27)28(33,25(26)36-18(4)31)16-35-22(32)17(2)3/h8-11,15,17,23-25,33H,7,12-14,16H2,1-6H3/t23?,24-,25-,26-,27-,28+/m1/s1. The van der Waals surface area contributed by atoms with E-state index in [9.17, 15) is 14.7 Å². The molecule has 1 aliphatic carbocycles. The molecule has 4 aliphatic rings. The lowest BCUT2D eigenvalue weighted by molar-refractivity contribution is -0.233. The molecule has 0 amide bonds. The summed E-state index contributed by atoms with van der Waals surface area (Å²) in [5.74, 6) is -0.455. The predicted octanol–water partition coefficient (Wildman–Crippen LogP) is 2.67. The zero-order valence-electron chi connectivity index (χ0n) is 22.1. The monoisotopic (exact) mass is 498 g/mol. The summed E-state index contributed by atoms with van der Waals surface area (Å²) in [6.07, 6.45) is 4.88. The van der Waals surface area contributed by atoms with Crippen LogP contribution in [0.4, 0.5) is 5.69 Å². The Morgan fingerprint density at radius 2 is 2.00 bits per heavy atom. The van der Waals surface area contributed by atoms with Gasteiger partial charge in [-0.15, -0.1) is 0 Å². The summed E-state index contributed by atoms with van der Waals surface area (Å²) in [7, 11) is 3.61. The topological polar surface area (TPSA) is 88.5 Å². The number of rotatable bonds is 6. The minimum Gasteiger partial charge on any atom is -0.497 e. The second kappa shape index (κ2) is 8.48. The van der Waals surface area contributed by atoms with Gasteiger partial charge >= 0.3 is 11.9 Å². The molecule has 1 saturated heterocycles. The van der Waals surface area contributed by atoms with Crippen LogP contribution in [0, 0.1) is 11.3 Å². The first-order valence-electron chi connectivity index (χ1n) is 13.0. The molecule has 3 heterocycles. The Hall–Kier alpha value is -2.58. The Balaban J connectivity index is 1.77. The number of esters is 2. The van der Waals surface area contributed by atoms with E-state index >= 15 is 0 Å². The van der Waals surface area contributed by atoms with Crippen molar-refractivity contribution in [1.82, 2.24) is 4.90 Å². The summed E-state index contributed by atoms with van der Waals surface area (Å²) in [4.78, 5) is 29.7. The van der Waals surface area contributed by atoms with Crippen molar-refractivity contribution in [3.05, 3.63) is 35.9 Å². The zero-order chi connectivity index (χ0) is 26.0. The van der Waals surface area contributed by atoms with Crippen LogP contribution in [0.3, 0.4) is 0 Å². The zero-order valence-corrected chi connectivity index (χ0v) is 22.1. The van der Waals surface area contributed by atoms with Crippen LogP contribution in [-0.2, 0) is 24.5 Å². The van der Waals surface area contributed by atoms with Crippen LogP contribution in [0.1, 0.15) is 46.1 Å². The molecule has 6 atom stereocenters. The lowest BCUT2D eigenvalue weighted by Crippen LogP contribution is -2.80. The Kier molecular flexibility index (Phi) is 5.91. The molecule has 8 nitrogen and oxygen atoms in total. The van der Waals surface area contributed by atoms with Crippen LogP contribution in [0.15, 0.2) is 30.4 Å². The van der Waals surface area contributed by atoms with Crippen molar-refractivity contribution in [3.8, 4) is 5.75 Å². The number of benzene rings is 1. The van der Waals surface area contributed by atoms with Crippen molar-refractivity contribution in [2.75, 3.05) is 38.8 Å². The van der Waals surface area contributed by atoms with Gasteiger partial charge in [0.1, 0.15) is 18.5 Å². The fourth-order valence-corrected chi connectivity index (χ4v) is 7.96. The van der Waals surface area contributed by atoms with Gasteiger partial charge in [-0.2, -0.15) is 0 Å². The predicted molar refractivity (Wildman–Crippen MR) is 135 cm³/mol. The molecule has 0 radical (unpaired) electrons. The van der Waals surface area contributed by atoms with E-state index in [1.807, 2.05) is 19.2 Å². The maximum atomic E-state index is 12.8. The second-order valence-electron chi connectivity index (χ2n) is 11.2. The van der Waals surface area contributed by atoms with Crippen LogP contribution in [0.25, 0.3) is 0 Å². The minimum absolute atomic E-state index is 0.00696. The van der Waals surface area contributed by atoms with E-state index in [-0.39, 0.29) is 18.6 Å². The number of nitrogens with zero attached hydrogens (tertiary/aromatic N) is 2. The molecule has 8 heteroatoms. The summed E-state index contributed by atoms with van der Waals surface area (Å²) in [5, 5.41) is 12.8. The number of methoxy groups -OCH3 is 1. The highest BCUT2D eigenvalue weighted by molar-refractivity contribution is 5.73. The van der Waals surface area contributed by atoms with Crippen molar-refractivity contribution in [2.24, 2.45) is 11.3 Å². The van der Waals surface area contributed by atoms with E-state index in [4.69, 9.17) is 14.2 Å². The first kappa shape index (κ1) is 25.1. The van der Waals surface area contributed by atoms with Crippen LogP contribution in [0.5, 0.6) is 5.75 Å². The smallest absolute Gasteiger partial charge is 0.308 e. The molecule has 1 unspecified atom stereocenters. The van der Waals surface area contributed by atoms with E-state index in [1.54, 1.807) is 21.0 Å². The Morgan fingerprint density at radius 3 is 2.64 bits per heavy atom. The number of ether oxygens (including phenoxy) is 3. The lowest BCUT2D eigenvalue weighted by Gasteiger charge is -2.64. The van der Waals surface area contributed by atoms with E-state index in [0.29, 0.717) is 6.42 Å². The quantitative estimate of drug-likeness (QED) is 0.473. The van der Waals surface area contributed by atoms with Crippen molar-refractivity contribution < 1.29 is 28.9 Å². The molecule has 1 spiro atoms. The van der Waals surface area contributed by atoms with Gasteiger partial charge in [-0.05, 0) is 31.0 Å². The molecule has 0 bridgehead atoms. The van der Waals surface area contributed by atoms with Crippen LogP contribution in [-0.4, -0.2) is 79.6 Å². The maximum absolute atomic E-state index is 12.8. The van der Waals surface area contributed by atoms with Crippen molar-refractivity contribution >= 4 is 17.6 Å². The molecule has 36 heavy (non-hydrogen) atoms. The van der Waals surface area contributed by atoms with E-state index in [0.717, 1.165) is 36.5 Å². The molecule has 1 aromatic carbocycles. The summed E-state index contributed by atoms with van der Waals surface area (Å²) in [5.41, 5.74) is -0.615. The summed E-state index contributed by atoms with van der Waals surface area (Å²) in [6, 6.07) is 5.65. The molecule has 5 rings (SSSR count). The van der Waals surface area contributed by atoms with Gasteiger partial charge in [0.2, 0.25) is 0 Å². The van der Waals surface area contributed by atoms with E-state index in [1.165, 1.54) is 6.92 Å². The summed E-state index contributed by atoms with van der Waals surface area (Å²) < 4.78 is 17.4. The average Bonchev–Trinajstić information content (AvgIpc) is 3.36. The molecule has 0 aromatic heterocycles. The fraction of sp³-hybridized carbons (Fsp3) is 0.643. The number of anilines is 1. The molecular weight excluding hydrogens is 460 g/mol. The van der Waals surface area contributed by atoms with Gasteiger partial charge in [0.25, 0.3) is 0 Å². The molecule has 1 aromatic rings. The van der Waals surface area contributed by atoms with Crippen LogP contribution >= 0.6 is 0 Å². The third-order valence-corrected chi connectivity index (χ3v) is 9.13. The highest BCUT2D eigenvalue weighted by atomic mass is 16.6. The van der Waals surface area contributed by atoms with Crippen molar-refractivity contribution in [1.29, 1.82) is 0 Å². The van der Waals surface area contributed by atoms with Gasteiger partial charge in [0.05, 0.1) is 19.1 Å². The fourth-order valence-electron chi connectivity index (χ4n) is 7.96. The van der Waals surface area contributed by atoms with Gasteiger partial charge in [-0.1, -0.05) is 39.0 Å². The number of hydrogen-bond acceptors (Lipinski definition) is 8. The minimum atomic E-state index is -1.65. The number of hydrogen-bond donors (Lipinski definition) is 1. The largest absolute Gasteiger partial charge is 0.497 e. The number of carbonyl (C=O) groups excluding carboxylic acids is 2. The third kappa shape index (κ3) is 3.13. The third-order valence-electron chi connectivity index (χ3n) is 9.13. The van der Waals surface area contributed by atoms with Gasteiger partial charge in [-0.25, -0.2) is 0 Å². The molecule has 196 valence electrons. The molecular formula is C28H38N2O6. The molecule has 3 aliphatic heterocycles. The molecule has 2 fully saturated rings. The first-order chi connectivity index (χ1) is 17.1. The van der Waals surface area contributed by atoms with E-state index in [2.05, 4.69) is 34.9 Å². The average molecular weight is 499 g/mol. The van der Waals surface area contributed by atoms with Crippen LogP contribution < -0.4 is 9.64 Å². The Morgan fingerprint density at radius 1 is 1.25 bits per heavy atom. The van der Waals surface area contributed by atoms with Crippen molar-refractivity contribution in [3.63, 3.8) is 0 Å². The number of likely N-dealkylation sites (N-methyl/N-ethyl adjacent to an activating group) is 1. The Labute approximate surface area is 213 Å².